The summed E-state index contributed by atoms with van der Waals surface area (Å²) in [5, 5.41) is 5.95. The van der Waals surface area contributed by atoms with E-state index in [1.807, 2.05) is 25.3 Å². The van der Waals surface area contributed by atoms with Gasteiger partial charge in [-0.15, -0.1) is 11.3 Å². The van der Waals surface area contributed by atoms with Crippen LogP contribution in [0.5, 0.6) is 5.75 Å². The third kappa shape index (κ3) is 3.89. The molecule has 0 saturated carbocycles. The largest absolute Gasteiger partial charge is 0.495 e. The van der Waals surface area contributed by atoms with Crippen molar-refractivity contribution in [3.8, 4) is 5.75 Å². The molecule has 0 saturated heterocycles. The first-order chi connectivity index (χ1) is 12.0. The van der Waals surface area contributed by atoms with Crippen molar-refractivity contribution < 1.29 is 9.53 Å². The van der Waals surface area contributed by atoms with Crippen molar-refractivity contribution in [3.63, 3.8) is 0 Å². The number of thiophene rings is 1. The molecule has 3 aromatic rings. The zero-order valence-corrected chi connectivity index (χ0v) is 16.3. The van der Waals surface area contributed by atoms with Crippen molar-refractivity contribution >= 4 is 56.5 Å². The summed E-state index contributed by atoms with van der Waals surface area (Å²) in [7, 11) is 1.54. The molecule has 0 unspecified atom stereocenters. The fourth-order valence-electron chi connectivity index (χ4n) is 2.24. The second-order valence-electron chi connectivity index (χ2n) is 5.36. The van der Waals surface area contributed by atoms with Gasteiger partial charge in [0.1, 0.15) is 17.1 Å². The molecular formula is C17H16ClN3O2S2. The molecule has 8 heteroatoms. The first kappa shape index (κ1) is 18.0. The summed E-state index contributed by atoms with van der Waals surface area (Å²) in [6.07, 6.45) is 1.52. The molecule has 1 amide bonds. The molecule has 5 nitrogen and oxygen atoms in total. The van der Waals surface area contributed by atoms with E-state index in [9.17, 15) is 4.79 Å². The summed E-state index contributed by atoms with van der Waals surface area (Å²) >= 11 is 9.08. The number of carbonyl (C=O) groups is 1. The van der Waals surface area contributed by atoms with E-state index in [1.54, 1.807) is 30.6 Å². The molecular weight excluding hydrogens is 378 g/mol. The summed E-state index contributed by atoms with van der Waals surface area (Å²) in [5.41, 5.74) is 2.37. The van der Waals surface area contributed by atoms with Gasteiger partial charge in [0.2, 0.25) is 5.91 Å². The lowest BCUT2D eigenvalue weighted by Gasteiger charge is -2.15. The quantitative estimate of drug-likeness (QED) is 0.499. The topological polar surface area (TPSA) is 64.1 Å². The Labute approximate surface area is 158 Å². The third-order valence-corrected chi connectivity index (χ3v) is 6.15. The molecule has 0 aliphatic carbocycles. The van der Waals surface area contributed by atoms with Crippen molar-refractivity contribution in [1.29, 1.82) is 0 Å². The minimum atomic E-state index is -0.333. The Kier molecular flexibility index (Phi) is 5.46. The predicted molar refractivity (Wildman–Crippen MR) is 104 cm³/mol. The van der Waals surface area contributed by atoms with Gasteiger partial charge in [0.25, 0.3) is 0 Å². The number of aromatic nitrogens is 2. The van der Waals surface area contributed by atoms with Crippen molar-refractivity contribution in [3.05, 3.63) is 40.5 Å². The summed E-state index contributed by atoms with van der Waals surface area (Å²) in [6, 6.07) is 5.44. The van der Waals surface area contributed by atoms with Gasteiger partial charge in [0, 0.05) is 11.1 Å². The van der Waals surface area contributed by atoms with Crippen LogP contribution in [0.15, 0.2) is 34.9 Å². The monoisotopic (exact) mass is 393 g/mol. The average Bonchev–Trinajstić information content (AvgIpc) is 3.07. The van der Waals surface area contributed by atoms with Gasteiger partial charge in [-0.3, -0.25) is 4.79 Å². The van der Waals surface area contributed by atoms with E-state index in [2.05, 4.69) is 15.3 Å². The van der Waals surface area contributed by atoms with Crippen molar-refractivity contribution in [2.24, 2.45) is 0 Å². The number of hydrogen-bond acceptors (Lipinski definition) is 6. The Morgan fingerprint density at radius 3 is 2.96 bits per heavy atom. The second kappa shape index (κ2) is 7.59. The summed E-state index contributed by atoms with van der Waals surface area (Å²) in [6.45, 7) is 3.72. The Balaban J connectivity index is 1.77. The first-order valence-corrected chi connectivity index (χ1v) is 9.63. The van der Waals surface area contributed by atoms with Gasteiger partial charge in [-0.05, 0) is 36.9 Å². The minimum Gasteiger partial charge on any atom is -0.495 e. The molecule has 0 aliphatic rings. The van der Waals surface area contributed by atoms with E-state index >= 15 is 0 Å². The molecule has 130 valence electrons. The Bertz CT molecular complexity index is 929. The van der Waals surface area contributed by atoms with Crippen molar-refractivity contribution in [1.82, 2.24) is 9.97 Å². The molecule has 0 fully saturated rings. The number of hydrogen-bond donors (Lipinski definition) is 1. The maximum atomic E-state index is 12.6. The molecule has 0 aliphatic heterocycles. The van der Waals surface area contributed by atoms with Crippen LogP contribution >= 0.6 is 34.7 Å². The zero-order valence-electron chi connectivity index (χ0n) is 13.9. The highest BCUT2D eigenvalue weighted by atomic mass is 35.5. The van der Waals surface area contributed by atoms with E-state index < -0.39 is 0 Å². The number of anilines is 1. The van der Waals surface area contributed by atoms with Gasteiger partial charge >= 0.3 is 0 Å². The van der Waals surface area contributed by atoms with E-state index in [0.717, 1.165) is 20.8 Å². The van der Waals surface area contributed by atoms with E-state index in [-0.39, 0.29) is 11.2 Å². The number of nitrogens with zero attached hydrogens (tertiary/aromatic N) is 2. The number of amides is 1. The molecule has 3 rings (SSSR count). The van der Waals surface area contributed by atoms with Gasteiger partial charge in [-0.25, -0.2) is 9.97 Å². The molecule has 1 aromatic carbocycles. The maximum Gasteiger partial charge on any atom is 0.237 e. The summed E-state index contributed by atoms with van der Waals surface area (Å²) < 4.78 is 6.30. The first-order valence-electron chi connectivity index (χ1n) is 7.49. The maximum absolute atomic E-state index is 12.6. The number of aryl methyl sites for hydroxylation is 1. The molecule has 0 bridgehead atoms. The van der Waals surface area contributed by atoms with Crippen molar-refractivity contribution in [2.45, 2.75) is 24.1 Å². The lowest BCUT2D eigenvalue weighted by atomic mass is 10.2. The molecule has 2 aromatic heterocycles. The highest BCUT2D eigenvalue weighted by molar-refractivity contribution is 8.00. The van der Waals surface area contributed by atoms with Crippen LogP contribution in [0.3, 0.4) is 0 Å². The SMILES string of the molecule is COc1cc(Cl)c(C)cc1NC(=O)[C@H](C)Sc1ncnc2ccsc12. The Morgan fingerprint density at radius 1 is 1.40 bits per heavy atom. The smallest absolute Gasteiger partial charge is 0.237 e. The van der Waals surface area contributed by atoms with Crippen LogP contribution in [-0.4, -0.2) is 28.2 Å². The van der Waals surface area contributed by atoms with Gasteiger partial charge < -0.3 is 10.1 Å². The molecule has 0 spiro atoms. The highest BCUT2D eigenvalue weighted by Gasteiger charge is 2.19. The minimum absolute atomic E-state index is 0.131. The lowest BCUT2D eigenvalue weighted by Crippen LogP contribution is -2.23. The molecule has 1 N–H and O–H groups in total. The number of carbonyl (C=O) groups excluding carboxylic acids is 1. The number of fused-ring (bicyclic) bond motifs is 1. The third-order valence-electron chi connectivity index (χ3n) is 3.61. The van der Waals surface area contributed by atoms with Gasteiger partial charge in [-0.2, -0.15) is 0 Å². The van der Waals surface area contributed by atoms with E-state index in [1.165, 1.54) is 18.1 Å². The number of halogens is 1. The fraction of sp³-hybridized carbons (Fsp3) is 0.235. The highest BCUT2D eigenvalue weighted by Crippen LogP contribution is 2.34. The predicted octanol–water partition coefficient (Wildman–Crippen LogP) is 4.78. The Morgan fingerprint density at radius 2 is 2.20 bits per heavy atom. The normalized spacial score (nSPS) is 12.2. The molecule has 25 heavy (non-hydrogen) atoms. The lowest BCUT2D eigenvalue weighted by molar-refractivity contribution is -0.115. The van der Waals surface area contributed by atoms with E-state index in [4.69, 9.17) is 16.3 Å². The number of thioether (sulfide) groups is 1. The van der Waals surface area contributed by atoms with Crippen LogP contribution in [-0.2, 0) is 4.79 Å². The molecule has 1 atom stereocenters. The average molecular weight is 394 g/mol. The standard InChI is InChI=1S/C17H16ClN3O2S2/c1-9-6-13(14(23-3)7-11(9)18)21-16(22)10(2)25-17-15-12(4-5-24-15)19-8-20-17/h4-8,10H,1-3H3,(H,21,22)/t10-/m0/s1. The van der Waals surface area contributed by atoms with Gasteiger partial charge in [-0.1, -0.05) is 23.4 Å². The zero-order chi connectivity index (χ0) is 18.0. The van der Waals surface area contributed by atoms with Crippen molar-refractivity contribution in [2.75, 3.05) is 12.4 Å². The number of nitrogens with one attached hydrogen (secondary N) is 1. The van der Waals surface area contributed by atoms with E-state index in [0.29, 0.717) is 16.5 Å². The van der Waals surface area contributed by atoms with Crippen LogP contribution in [0.4, 0.5) is 5.69 Å². The molecule has 2 heterocycles. The van der Waals surface area contributed by atoms with Crippen LogP contribution < -0.4 is 10.1 Å². The summed E-state index contributed by atoms with van der Waals surface area (Å²) in [4.78, 5) is 21.1. The summed E-state index contributed by atoms with van der Waals surface area (Å²) in [5.74, 6) is 0.400. The number of benzene rings is 1. The van der Waals surface area contributed by atoms with Gasteiger partial charge in [0.05, 0.1) is 28.3 Å². The van der Waals surface area contributed by atoms with Crippen LogP contribution in [0.2, 0.25) is 5.02 Å². The fourth-order valence-corrected chi connectivity index (χ4v) is 4.23. The van der Waals surface area contributed by atoms with Crippen LogP contribution in [0.25, 0.3) is 10.2 Å². The number of rotatable bonds is 5. The van der Waals surface area contributed by atoms with Crippen LogP contribution in [0.1, 0.15) is 12.5 Å². The number of ether oxygens (including phenoxy) is 1. The number of methoxy groups -OCH3 is 1. The molecule has 0 radical (unpaired) electrons. The van der Waals surface area contributed by atoms with Crippen LogP contribution in [0, 0.1) is 6.92 Å². The Hall–Kier alpha value is -1.83. The van der Waals surface area contributed by atoms with Gasteiger partial charge in [0.15, 0.2) is 0 Å². The second-order valence-corrected chi connectivity index (χ2v) is 8.02.